The highest BCUT2D eigenvalue weighted by Gasteiger charge is 2.26. The zero-order chi connectivity index (χ0) is 16.6. The summed E-state index contributed by atoms with van der Waals surface area (Å²) in [6.45, 7) is 10.8. The maximum atomic E-state index is 4.22. The smallest absolute Gasteiger partial charge is 0.223 e. The molecular weight excluding hydrogens is 282 g/mol. The molecule has 116 valence electrons. The molecule has 0 saturated carbocycles. The standard InChI is InChI=1S/C20H23N3/c1-14-12-15(2)20(23-11-9-21-13-17(23)4)18(5)19(14)22-10-7-6-8-16(22)3/h6-13H,1-5H3/q+2. The molecule has 0 unspecified atom stereocenters. The second-order valence-corrected chi connectivity index (χ2v) is 6.13. The van der Waals surface area contributed by atoms with Crippen molar-refractivity contribution in [1.29, 1.82) is 0 Å². The predicted molar refractivity (Wildman–Crippen MR) is 91.0 cm³/mol. The Balaban J connectivity index is 2.35. The fourth-order valence-corrected chi connectivity index (χ4v) is 3.37. The van der Waals surface area contributed by atoms with Crippen molar-refractivity contribution in [3.8, 4) is 11.4 Å². The molecule has 3 aromatic rings. The van der Waals surface area contributed by atoms with E-state index in [1.54, 1.807) is 0 Å². The summed E-state index contributed by atoms with van der Waals surface area (Å²) in [5, 5.41) is 0. The summed E-state index contributed by atoms with van der Waals surface area (Å²) in [4.78, 5) is 4.22. The van der Waals surface area contributed by atoms with Gasteiger partial charge in [-0.1, -0.05) is 6.07 Å². The van der Waals surface area contributed by atoms with Crippen LogP contribution in [-0.4, -0.2) is 4.98 Å². The molecular formula is C20H23N3+2. The minimum absolute atomic E-state index is 1.13. The molecule has 0 radical (unpaired) electrons. The van der Waals surface area contributed by atoms with Crippen LogP contribution in [0.25, 0.3) is 11.4 Å². The molecule has 3 rings (SSSR count). The number of hydrogen-bond donors (Lipinski definition) is 0. The Bertz CT molecular complexity index is 812. The number of aromatic nitrogens is 3. The van der Waals surface area contributed by atoms with Crippen LogP contribution in [0.4, 0.5) is 0 Å². The SMILES string of the molecule is Cc1cc(C)c(-[n+]2ccncc2C)c(C)c1-[n+]1ccccc1C. The Morgan fingerprint density at radius 3 is 2.04 bits per heavy atom. The van der Waals surface area contributed by atoms with Crippen molar-refractivity contribution in [3.63, 3.8) is 0 Å². The molecule has 3 heteroatoms. The van der Waals surface area contributed by atoms with Crippen molar-refractivity contribution in [1.82, 2.24) is 4.98 Å². The number of aryl methyl sites for hydroxylation is 4. The Labute approximate surface area is 137 Å². The third-order valence-electron chi connectivity index (χ3n) is 4.38. The first-order valence-electron chi connectivity index (χ1n) is 7.92. The van der Waals surface area contributed by atoms with Crippen LogP contribution in [-0.2, 0) is 0 Å². The number of nitrogens with zero attached hydrogens (tertiary/aromatic N) is 3. The second-order valence-electron chi connectivity index (χ2n) is 6.13. The normalized spacial score (nSPS) is 10.8. The van der Waals surface area contributed by atoms with E-state index in [4.69, 9.17) is 0 Å². The Kier molecular flexibility index (Phi) is 3.95. The molecule has 0 N–H and O–H groups in total. The van der Waals surface area contributed by atoms with E-state index in [-0.39, 0.29) is 0 Å². The second kappa shape index (κ2) is 5.92. The van der Waals surface area contributed by atoms with Gasteiger partial charge < -0.3 is 0 Å². The lowest BCUT2D eigenvalue weighted by Crippen LogP contribution is -2.40. The fraction of sp³-hybridized carbons (Fsp3) is 0.250. The molecule has 2 heterocycles. The summed E-state index contributed by atoms with van der Waals surface area (Å²) in [5.74, 6) is 0. The van der Waals surface area contributed by atoms with Gasteiger partial charge in [-0.3, -0.25) is 4.98 Å². The van der Waals surface area contributed by atoms with E-state index < -0.39 is 0 Å². The molecule has 0 fully saturated rings. The van der Waals surface area contributed by atoms with Crippen molar-refractivity contribution in [2.24, 2.45) is 0 Å². The third kappa shape index (κ3) is 2.63. The van der Waals surface area contributed by atoms with Crippen molar-refractivity contribution in [2.45, 2.75) is 34.6 Å². The van der Waals surface area contributed by atoms with Gasteiger partial charge in [0.2, 0.25) is 17.1 Å². The van der Waals surface area contributed by atoms with E-state index >= 15 is 0 Å². The molecule has 0 amide bonds. The topological polar surface area (TPSA) is 20.6 Å². The minimum Gasteiger partial charge on any atom is -0.252 e. The first kappa shape index (κ1) is 15.3. The predicted octanol–water partition coefficient (Wildman–Crippen LogP) is 3.18. The molecule has 3 nitrogen and oxygen atoms in total. The van der Waals surface area contributed by atoms with Gasteiger partial charge in [-0.25, -0.2) is 0 Å². The monoisotopic (exact) mass is 305 g/mol. The summed E-state index contributed by atoms with van der Waals surface area (Å²) in [6, 6.07) is 8.57. The van der Waals surface area contributed by atoms with Crippen molar-refractivity contribution in [2.75, 3.05) is 0 Å². The minimum atomic E-state index is 1.13. The van der Waals surface area contributed by atoms with Crippen LogP contribution in [0.15, 0.2) is 49.1 Å². The summed E-state index contributed by atoms with van der Waals surface area (Å²) < 4.78 is 4.49. The molecule has 0 aliphatic heterocycles. The van der Waals surface area contributed by atoms with Gasteiger partial charge in [-0.05, 0) is 26.8 Å². The van der Waals surface area contributed by atoms with E-state index in [1.165, 1.54) is 33.8 Å². The lowest BCUT2D eigenvalue weighted by Gasteiger charge is -2.11. The van der Waals surface area contributed by atoms with E-state index in [9.17, 15) is 0 Å². The first-order chi connectivity index (χ1) is 11.0. The largest absolute Gasteiger partial charge is 0.252 e. The van der Waals surface area contributed by atoms with Crippen LogP contribution in [0, 0.1) is 34.6 Å². The fourth-order valence-electron chi connectivity index (χ4n) is 3.37. The van der Waals surface area contributed by atoms with Gasteiger partial charge in [0.25, 0.3) is 0 Å². The highest BCUT2D eigenvalue weighted by molar-refractivity contribution is 5.53. The van der Waals surface area contributed by atoms with Gasteiger partial charge in [0.15, 0.2) is 18.1 Å². The zero-order valence-electron chi connectivity index (χ0n) is 14.5. The first-order valence-corrected chi connectivity index (χ1v) is 7.92. The summed E-state index contributed by atoms with van der Waals surface area (Å²) in [5.41, 5.74) is 8.69. The van der Waals surface area contributed by atoms with Gasteiger partial charge >= 0.3 is 0 Å². The lowest BCUT2D eigenvalue weighted by molar-refractivity contribution is -0.612. The average Bonchev–Trinajstić information content (AvgIpc) is 2.50. The van der Waals surface area contributed by atoms with Crippen LogP contribution in [0.5, 0.6) is 0 Å². The molecule has 0 atom stereocenters. The number of hydrogen-bond acceptors (Lipinski definition) is 1. The number of rotatable bonds is 2. The molecule has 1 aromatic carbocycles. The van der Waals surface area contributed by atoms with Gasteiger partial charge in [-0.2, -0.15) is 9.13 Å². The van der Waals surface area contributed by atoms with Crippen LogP contribution >= 0.6 is 0 Å². The molecule has 0 aliphatic rings. The van der Waals surface area contributed by atoms with Crippen LogP contribution < -0.4 is 9.13 Å². The Morgan fingerprint density at radius 1 is 0.783 bits per heavy atom. The Morgan fingerprint density at radius 2 is 1.43 bits per heavy atom. The van der Waals surface area contributed by atoms with Crippen LogP contribution in [0.1, 0.15) is 28.1 Å². The molecule has 0 bridgehead atoms. The molecule has 0 aliphatic carbocycles. The maximum Gasteiger partial charge on any atom is 0.223 e. The lowest BCUT2D eigenvalue weighted by atomic mass is 10.0. The summed E-state index contributed by atoms with van der Waals surface area (Å²) in [6.07, 6.45) is 7.91. The number of benzene rings is 1. The van der Waals surface area contributed by atoms with Crippen molar-refractivity contribution >= 4 is 0 Å². The van der Waals surface area contributed by atoms with Gasteiger partial charge in [0.05, 0.1) is 18.0 Å². The summed E-state index contributed by atoms with van der Waals surface area (Å²) >= 11 is 0. The molecule has 2 aromatic heterocycles. The van der Waals surface area contributed by atoms with E-state index in [0.29, 0.717) is 0 Å². The van der Waals surface area contributed by atoms with E-state index in [1.807, 2.05) is 18.6 Å². The van der Waals surface area contributed by atoms with Crippen LogP contribution in [0.2, 0.25) is 0 Å². The highest BCUT2D eigenvalue weighted by atomic mass is 15.0. The van der Waals surface area contributed by atoms with E-state index in [2.05, 4.69) is 79.2 Å². The van der Waals surface area contributed by atoms with Crippen molar-refractivity contribution in [3.05, 3.63) is 77.1 Å². The van der Waals surface area contributed by atoms with E-state index in [0.717, 1.165) is 5.69 Å². The average molecular weight is 305 g/mol. The molecule has 23 heavy (non-hydrogen) atoms. The van der Waals surface area contributed by atoms with Crippen LogP contribution in [0.3, 0.4) is 0 Å². The Hall–Kier alpha value is -2.55. The quantitative estimate of drug-likeness (QED) is 0.666. The van der Waals surface area contributed by atoms with Gasteiger partial charge in [0, 0.05) is 37.1 Å². The maximum absolute atomic E-state index is 4.22. The number of pyridine rings is 1. The highest BCUT2D eigenvalue weighted by Crippen LogP contribution is 2.23. The molecule has 0 spiro atoms. The van der Waals surface area contributed by atoms with Gasteiger partial charge in [0.1, 0.15) is 0 Å². The summed E-state index contributed by atoms with van der Waals surface area (Å²) in [7, 11) is 0. The zero-order valence-corrected chi connectivity index (χ0v) is 14.5. The molecule has 0 saturated heterocycles. The van der Waals surface area contributed by atoms with Crippen molar-refractivity contribution < 1.29 is 9.13 Å². The third-order valence-corrected chi connectivity index (χ3v) is 4.38. The van der Waals surface area contributed by atoms with Gasteiger partial charge in [-0.15, -0.1) is 0 Å².